The summed E-state index contributed by atoms with van der Waals surface area (Å²) in [7, 11) is 2.69. The molecule has 11 nitrogen and oxygen atoms in total. The van der Waals surface area contributed by atoms with E-state index in [1.54, 1.807) is 43.3 Å². The average molecular weight is 634 g/mol. The number of halogens is 1. The number of nitrogens with one attached hydrogen (secondary N) is 1. The van der Waals surface area contributed by atoms with E-state index in [9.17, 15) is 18.0 Å². The summed E-state index contributed by atoms with van der Waals surface area (Å²) in [5, 5.41) is 3.11. The van der Waals surface area contributed by atoms with Crippen LogP contribution in [0.25, 0.3) is 0 Å². The summed E-state index contributed by atoms with van der Waals surface area (Å²) in [6, 6.07) is 14.7. The van der Waals surface area contributed by atoms with Crippen molar-refractivity contribution < 1.29 is 37.0 Å². The predicted octanol–water partition coefficient (Wildman–Crippen LogP) is 4.12. The van der Waals surface area contributed by atoms with E-state index in [1.165, 1.54) is 64.7 Å². The molecule has 3 aromatic carbocycles. The fourth-order valence-corrected chi connectivity index (χ4v) is 6.04. The molecule has 0 radical (unpaired) electrons. The number of methoxy groups -OCH3 is 4. The molecule has 0 saturated heterocycles. The highest BCUT2D eigenvalue weighted by molar-refractivity contribution is 7.92. The first kappa shape index (κ1) is 33.3. The van der Waals surface area contributed by atoms with Crippen LogP contribution in [0.4, 0.5) is 5.69 Å². The first-order valence-corrected chi connectivity index (χ1v) is 15.1. The fourth-order valence-electron chi connectivity index (χ4n) is 4.48. The van der Waals surface area contributed by atoms with Gasteiger partial charge < -0.3 is 29.2 Å². The van der Waals surface area contributed by atoms with Gasteiger partial charge in [-0.05, 0) is 48.4 Å². The molecular weight excluding hydrogens is 598 g/mol. The number of carbonyl (C=O) groups is 2. The number of rotatable bonds is 14. The second kappa shape index (κ2) is 14.8. The van der Waals surface area contributed by atoms with Crippen molar-refractivity contribution in [2.45, 2.75) is 30.8 Å². The van der Waals surface area contributed by atoms with Crippen LogP contribution in [-0.2, 0) is 26.2 Å². The molecule has 0 aliphatic rings. The number of sulfonamides is 1. The van der Waals surface area contributed by atoms with Crippen molar-refractivity contribution in [2.75, 3.05) is 46.3 Å². The first-order chi connectivity index (χ1) is 20.5. The largest absolute Gasteiger partial charge is 0.497 e. The standard InChI is InChI=1S/C30H36ClN3O8S/c1-7-24(30(36)32-2)33(18-20-8-10-21(31)11-9-20)29(35)19-34(25-16-22(39-3)12-14-26(25)40-4)43(37,38)23-13-15-27(41-5)28(17-23)42-6/h8-17,24H,7,18-19H2,1-6H3,(H,32,36)/t24-/m1/s1. The normalized spacial score (nSPS) is 11.7. The molecule has 43 heavy (non-hydrogen) atoms. The van der Waals surface area contributed by atoms with E-state index in [0.29, 0.717) is 22.1 Å². The van der Waals surface area contributed by atoms with Crippen molar-refractivity contribution in [3.8, 4) is 23.0 Å². The smallest absolute Gasteiger partial charge is 0.265 e. The quantitative estimate of drug-likeness (QED) is 0.281. The number of amides is 2. The molecule has 0 saturated carbocycles. The number of carbonyl (C=O) groups excluding carboxylic acids is 2. The lowest BCUT2D eigenvalue weighted by atomic mass is 10.1. The van der Waals surface area contributed by atoms with Crippen LogP contribution in [0.3, 0.4) is 0 Å². The van der Waals surface area contributed by atoms with Gasteiger partial charge in [-0.2, -0.15) is 0 Å². The number of anilines is 1. The molecule has 232 valence electrons. The Hall–Kier alpha value is -4.16. The zero-order valence-electron chi connectivity index (χ0n) is 24.9. The van der Waals surface area contributed by atoms with Crippen molar-refractivity contribution in [2.24, 2.45) is 0 Å². The number of ether oxygens (including phenoxy) is 4. The van der Waals surface area contributed by atoms with E-state index >= 15 is 0 Å². The van der Waals surface area contributed by atoms with Crippen LogP contribution in [0.5, 0.6) is 23.0 Å². The highest BCUT2D eigenvalue weighted by atomic mass is 35.5. The second-order valence-electron chi connectivity index (χ2n) is 9.25. The first-order valence-electron chi connectivity index (χ1n) is 13.3. The molecule has 3 aromatic rings. The van der Waals surface area contributed by atoms with Gasteiger partial charge in [0.25, 0.3) is 10.0 Å². The molecule has 0 fully saturated rings. The van der Waals surface area contributed by atoms with Gasteiger partial charge in [-0.25, -0.2) is 8.42 Å². The minimum absolute atomic E-state index is 0.0292. The van der Waals surface area contributed by atoms with Crippen LogP contribution in [0.1, 0.15) is 18.9 Å². The van der Waals surface area contributed by atoms with E-state index in [2.05, 4.69) is 5.32 Å². The van der Waals surface area contributed by atoms with Crippen LogP contribution in [-0.4, -0.2) is 73.2 Å². The minimum Gasteiger partial charge on any atom is -0.497 e. The molecule has 0 spiro atoms. The van der Waals surface area contributed by atoms with Crippen molar-refractivity contribution in [1.82, 2.24) is 10.2 Å². The van der Waals surface area contributed by atoms with E-state index in [-0.39, 0.29) is 35.0 Å². The Morgan fingerprint density at radius 3 is 2.05 bits per heavy atom. The Morgan fingerprint density at radius 2 is 1.49 bits per heavy atom. The molecule has 0 heterocycles. The highest BCUT2D eigenvalue weighted by Crippen LogP contribution is 2.38. The maximum Gasteiger partial charge on any atom is 0.265 e. The van der Waals surface area contributed by atoms with E-state index < -0.39 is 34.4 Å². The van der Waals surface area contributed by atoms with Crippen LogP contribution >= 0.6 is 11.6 Å². The Kier molecular flexibility index (Phi) is 11.5. The number of hydrogen-bond donors (Lipinski definition) is 1. The maximum atomic E-state index is 14.3. The maximum absolute atomic E-state index is 14.3. The van der Waals surface area contributed by atoms with E-state index in [0.717, 1.165) is 4.31 Å². The summed E-state index contributed by atoms with van der Waals surface area (Å²) in [6.07, 6.45) is 0.282. The average Bonchev–Trinajstić information content (AvgIpc) is 3.03. The van der Waals surface area contributed by atoms with Crippen molar-refractivity contribution >= 4 is 39.1 Å². The third kappa shape index (κ3) is 7.63. The summed E-state index contributed by atoms with van der Waals surface area (Å²) in [4.78, 5) is 28.3. The summed E-state index contributed by atoms with van der Waals surface area (Å²) in [6.45, 7) is 1.13. The molecular formula is C30H36ClN3O8S. The molecule has 0 aromatic heterocycles. The Balaban J connectivity index is 2.19. The van der Waals surface area contributed by atoms with Gasteiger partial charge in [0.05, 0.1) is 39.0 Å². The summed E-state index contributed by atoms with van der Waals surface area (Å²) in [5.74, 6) is 0.0132. The van der Waals surface area contributed by atoms with Crippen molar-refractivity contribution in [3.05, 3.63) is 71.2 Å². The van der Waals surface area contributed by atoms with Gasteiger partial charge in [-0.1, -0.05) is 30.7 Å². The molecule has 1 atom stereocenters. The number of nitrogens with zero attached hydrogens (tertiary/aromatic N) is 2. The van der Waals surface area contributed by atoms with Gasteiger partial charge in [-0.15, -0.1) is 0 Å². The van der Waals surface area contributed by atoms with Crippen LogP contribution < -0.4 is 28.6 Å². The molecule has 3 rings (SSSR count). The lowest BCUT2D eigenvalue weighted by molar-refractivity contribution is -0.140. The third-order valence-corrected chi connectivity index (χ3v) is 8.78. The summed E-state index contributed by atoms with van der Waals surface area (Å²) >= 11 is 6.06. The van der Waals surface area contributed by atoms with Gasteiger partial charge in [-0.3, -0.25) is 13.9 Å². The predicted molar refractivity (Wildman–Crippen MR) is 164 cm³/mol. The van der Waals surface area contributed by atoms with Crippen molar-refractivity contribution in [3.63, 3.8) is 0 Å². The number of benzene rings is 3. The number of hydrogen-bond acceptors (Lipinski definition) is 8. The van der Waals surface area contributed by atoms with Gasteiger partial charge in [0.15, 0.2) is 11.5 Å². The van der Waals surface area contributed by atoms with Gasteiger partial charge in [0, 0.05) is 30.7 Å². The van der Waals surface area contributed by atoms with Crippen LogP contribution in [0.15, 0.2) is 65.6 Å². The molecule has 1 N–H and O–H groups in total. The lowest BCUT2D eigenvalue weighted by Gasteiger charge is -2.33. The van der Waals surface area contributed by atoms with Crippen LogP contribution in [0.2, 0.25) is 5.02 Å². The highest BCUT2D eigenvalue weighted by Gasteiger charge is 2.35. The zero-order valence-corrected chi connectivity index (χ0v) is 26.5. The summed E-state index contributed by atoms with van der Waals surface area (Å²) in [5.41, 5.74) is 0.762. The van der Waals surface area contributed by atoms with E-state index in [4.69, 9.17) is 30.5 Å². The molecule has 2 amide bonds. The fraction of sp³-hybridized carbons (Fsp3) is 0.333. The molecule has 13 heteroatoms. The van der Waals surface area contributed by atoms with Gasteiger partial charge in [0.2, 0.25) is 11.8 Å². The molecule has 0 unspecified atom stereocenters. The zero-order chi connectivity index (χ0) is 31.7. The molecule has 0 bridgehead atoms. The SMILES string of the molecule is CC[C@H](C(=O)NC)N(Cc1ccc(Cl)cc1)C(=O)CN(c1cc(OC)ccc1OC)S(=O)(=O)c1ccc(OC)c(OC)c1. The van der Waals surface area contributed by atoms with Gasteiger partial charge >= 0.3 is 0 Å². The van der Waals surface area contributed by atoms with Gasteiger partial charge in [0.1, 0.15) is 24.1 Å². The molecule has 0 aliphatic carbocycles. The molecule has 0 aliphatic heterocycles. The third-order valence-electron chi connectivity index (χ3n) is 6.78. The van der Waals surface area contributed by atoms with E-state index in [1.807, 2.05) is 0 Å². The van der Waals surface area contributed by atoms with Crippen LogP contribution in [0, 0.1) is 0 Å². The Labute approximate surface area is 257 Å². The Morgan fingerprint density at radius 1 is 0.860 bits per heavy atom. The summed E-state index contributed by atoms with van der Waals surface area (Å²) < 4.78 is 51.0. The van der Waals surface area contributed by atoms with Crippen molar-refractivity contribution in [1.29, 1.82) is 0 Å². The monoisotopic (exact) mass is 633 g/mol. The number of likely N-dealkylation sites (N-methyl/N-ethyl adjacent to an activating group) is 1. The minimum atomic E-state index is -4.44. The topological polar surface area (TPSA) is 124 Å². The Bertz CT molecular complexity index is 1530. The second-order valence-corrected chi connectivity index (χ2v) is 11.6. The lowest BCUT2D eigenvalue weighted by Crippen LogP contribution is -2.51.